The van der Waals surface area contributed by atoms with Gasteiger partial charge in [-0.25, -0.2) is 0 Å². The molecule has 0 aromatic heterocycles. The van der Waals surface area contributed by atoms with Crippen LogP contribution in [0.25, 0.3) is 0 Å². The van der Waals surface area contributed by atoms with Crippen LogP contribution in [-0.4, -0.2) is 6.54 Å². The highest BCUT2D eigenvalue weighted by molar-refractivity contribution is 5.45. The first-order valence-electron chi connectivity index (χ1n) is 5.28. The lowest BCUT2D eigenvalue weighted by atomic mass is 9.84. The maximum Gasteiger partial charge on any atom is 0.416 e. The highest BCUT2D eigenvalue weighted by Gasteiger charge is 2.40. The van der Waals surface area contributed by atoms with Gasteiger partial charge in [-0.05, 0) is 30.0 Å². The summed E-state index contributed by atoms with van der Waals surface area (Å²) in [5, 5.41) is 0. The Hall–Kier alpha value is -1.03. The average molecular weight is 229 g/mol. The summed E-state index contributed by atoms with van der Waals surface area (Å²) in [6.45, 7) is 2.32. The van der Waals surface area contributed by atoms with E-state index in [0.717, 1.165) is 11.6 Å². The minimum absolute atomic E-state index is 0.295. The second-order valence-corrected chi connectivity index (χ2v) is 4.59. The lowest BCUT2D eigenvalue weighted by Gasteiger charge is -2.23. The first-order chi connectivity index (χ1) is 7.38. The van der Waals surface area contributed by atoms with Crippen LogP contribution in [0.5, 0.6) is 0 Å². The minimum Gasteiger partial charge on any atom is -0.330 e. The van der Waals surface area contributed by atoms with Crippen molar-refractivity contribution in [1.82, 2.24) is 0 Å². The van der Waals surface area contributed by atoms with E-state index in [1.807, 2.05) is 6.92 Å². The molecule has 0 radical (unpaired) electrons. The molecule has 0 heterocycles. The van der Waals surface area contributed by atoms with E-state index in [1.165, 1.54) is 6.07 Å². The summed E-state index contributed by atoms with van der Waals surface area (Å²) in [5.41, 5.74) is 6.07. The first kappa shape index (κ1) is 11.5. The largest absolute Gasteiger partial charge is 0.416 e. The summed E-state index contributed by atoms with van der Waals surface area (Å²) in [7, 11) is 0. The van der Waals surface area contributed by atoms with Gasteiger partial charge in [-0.1, -0.05) is 19.1 Å². The third-order valence-electron chi connectivity index (χ3n) is 3.51. The third kappa shape index (κ3) is 1.61. The van der Waals surface area contributed by atoms with Gasteiger partial charge in [-0.15, -0.1) is 0 Å². The van der Waals surface area contributed by atoms with Crippen molar-refractivity contribution in [1.29, 1.82) is 0 Å². The maximum atomic E-state index is 12.8. The van der Waals surface area contributed by atoms with Crippen LogP contribution >= 0.6 is 0 Å². The van der Waals surface area contributed by atoms with E-state index in [1.54, 1.807) is 6.07 Å². The van der Waals surface area contributed by atoms with Crippen LogP contribution in [0.4, 0.5) is 13.2 Å². The molecule has 1 aromatic rings. The summed E-state index contributed by atoms with van der Waals surface area (Å²) in [4.78, 5) is 0. The molecule has 88 valence electrons. The highest BCUT2D eigenvalue weighted by atomic mass is 19.4. The van der Waals surface area contributed by atoms with Gasteiger partial charge in [0.05, 0.1) is 5.56 Å². The van der Waals surface area contributed by atoms with Crippen molar-refractivity contribution in [2.75, 3.05) is 6.54 Å². The van der Waals surface area contributed by atoms with Gasteiger partial charge in [-0.2, -0.15) is 13.2 Å². The predicted octanol–water partition coefficient (Wildman–Crippen LogP) is 2.87. The number of fused-ring (bicyclic) bond motifs is 1. The van der Waals surface area contributed by atoms with E-state index in [0.29, 0.717) is 24.9 Å². The molecule has 2 rings (SSSR count). The second-order valence-electron chi connectivity index (χ2n) is 4.59. The summed E-state index contributed by atoms with van der Waals surface area (Å²) in [5.74, 6) is 0. The Balaban J connectivity index is 2.57. The van der Waals surface area contributed by atoms with Crippen molar-refractivity contribution in [2.24, 2.45) is 5.73 Å². The third-order valence-corrected chi connectivity index (χ3v) is 3.51. The molecular formula is C12H14F3N. The number of alkyl halides is 3. The van der Waals surface area contributed by atoms with Gasteiger partial charge in [0.2, 0.25) is 0 Å². The molecule has 4 heteroatoms. The molecule has 1 nitrogen and oxygen atoms in total. The monoisotopic (exact) mass is 229 g/mol. The van der Waals surface area contributed by atoms with E-state index >= 15 is 0 Å². The van der Waals surface area contributed by atoms with Crippen LogP contribution in [-0.2, 0) is 18.0 Å². The average Bonchev–Trinajstić information content (AvgIpc) is 2.56. The Morgan fingerprint density at radius 1 is 1.38 bits per heavy atom. The Morgan fingerprint density at radius 3 is 2.62 bits per heavy atom. The zero-order chi connectivity index (χ0) is 12.0. The smallest absolute Gasteiger partial charge is 0.330 e. The molecule has 1 aliphatic carbocycles. The number of nitrogens with two attached hydrogens (primary N) is 1. The summed E-state index contributed by atoms with van der Waals surface area (Å²) < 4.78 is 38.3. The highest BCUT2D eigenvalue weighted by Crippen LogP contribution is 2.43. The topological polar surface area (TPSA) is 26.0 Å². The molecule has 1 unspecified atom stereocenters. The molecule has 1 atom stereocenters. The summed E-state index contributed by atoms with van der Waals surface area (Å²) in [6.07, 6.45) is -3.09. The van der Waals surface area contributed by atoms with E-state index in [9.17, 15) is 13.2 Å². The van der Waals surface area contributed by atoms with Gasteiger partial charge in [0.25, 0.3) is 0 Å². The molecule has 2 N–H and O–H groups in total. The number of rotatable bonds is 1. The van der Waals surface area contributed by atoms with Gasteiger partial charge in [0.15, 0.2) is 0 Å². The van der Waals surface area contributed by atoms with Crippen molar-refractivity contribution in [2.45, 2.75) is 31.4 Å². The molecule has 0 saturated heterocycles. The van der Waals surface area contributed by atoms with Crippen molar-refractivity contribution >= 4 is 0 Å². The van der Waals surface area contributed by atoms with Crippen LogP contribution in [0.2, 0.25) is 0 Å². The molecule has 0 fully saturated rings. The van der Waals surface area contributed by atoms with Gasteiger partial charge in [-0.3, -0.25) is 0 Å². The molecule has 0 bridgehead atoms. The molecule has 0 amide bonds. The minimum atomic E-state index is -4.26. The first-order valence-corrected chi connectivity index (χ1v) is 5.28. The Kier molecular flexibility index (Phi) is 2.49. The lowest BCUT2D eigenvalue weighted by Crippen LogP contribution is -2.29. The molecule has 0 aliphatic heterocycles. The van der Waals surface area contributed by atoms with Crippen LogP contribution in [0.15, 0.2) is 18.2 Å². The predicted molar refractivity (Wildman–Crippen MR) is 56.2 cm³/mol. The number of halogens is 3. The number of benzene rings is 1. The summed E-state index contributed by atoms with van der Waals surface area (Å²) >= 11 is 0. The molecule has 0 saturated carbocycles. The summed E-state index contributed by atoms with van der Waals surface area (Å²) in [6, 6.07) is 4.40. The fraction of sp³-hybridized carbons (Fsp3) is 0.500. The lowest BCUT2D eigenvalue weighted by molar-refractivity contribution is -0.138. The quantitative estimate of drug-likeness (QED) is 0.787. The normalized spacial score (nSPS) is 24.6. The van der Waals surface area contributed by atoms with Crippen LogP contribution in [0.1, 0.15) is 30.0 Å². The van der Waals surface area contributed by atoms with E-state index in [-0.39, 0.29) is 5.41 Å². The van der Waals surface area contributed by atoms with Gasteiger partial charge in [0, 0.05) is 12.0 Å². The molecule has 1 aliphatic rings. The number of hydrogen-bond acceptors (Lipinski definition) is 1. The van der Waals surface area contributed by atoms with Crippen LogP contribution < -0.4 is 5.73 Å². The zero-order valence-corrected chi connectivity index (χ0v) is 9.06. The number of hydrogen-bond donors (Lipinski definition) is 1. The van der Waals surface area contributed by atoms with Crippen molar-refractivity contribution in [3.8, 4) is 0 Å². The van der Waals surface area contributed by atoms with E-state index < -0.39 is 11.7 Å². The Labute approximate surface area is 92.5 Å². The molecule has 16 heavy (non-hydrogen) atoms. The molecule has 0 spiro atoms. The van der Waals surface area contributed by atoms with Crippen molar-refractivity contribution in [3.63, 3.8) is 0 Å². The van der Waals surface area contributed by atoms with Crippen molar-refractivity contribution < 1.29 is 13.2 Å². The standard InChI is InChI=1S/C12H14F3N/c1-11(7-16)6-5-8-9(11)3-2-4-10(8)12(13,14)15/h2-4H,5-7,16H2,1H3. The molecular weight excluding hydrogens is 215 g/mol. The zero-order valence-electron chi connectivity index (χ0n) is 9.06. The van der Waals surface area contributed by atoms with Crippen LogP contribution in [0.3, 0.4) is 0 Å². The van der Waals surface area contributed by atoms with E-state index in [4.69, 9.17) is 5.73 Å². The molecule has 1 aromatic carbocycles. The van der Waals surface area contributed by atoms with Crippen LogP contribution in [0, 0.1) is 0 Å². The Morgan fingerprint density at radius 2 is 2.06 bits per heavy atom. The van der Waals surface area contributed by atoms with E-state index in [2.05, 4.69) is 0 Å². The maximum absolute atomic E-state index is 12.8. The van der Waals surface area contributed by atoms with Gasteiger partial charge in [0.1, 0.15) is 0 Å². The fourth-order valence-corrected chi connectivity index (χ4v) is 2.43. The van der Waals surface area contributed by atoms with Gasteiger partial charge >= 0.3 is 6.18 Å². The van der Waals surface area contributed by atoms with Gasteiger partial charge < -0.3 is 5.73 Å². The Bertz CT molecular complexity index is 411. The SMILES string of the molecule is CC1(CN)CCc2c(C(F)(F)F)cccc21. The fourth-order valence-electron chi connectivity index (χ4n) is 2.43. The van der Waals surface area contributed by atoms with Crippen molar-refractivity contribution in [3.05, 3.63) is 34.9 Å². The second kappa shape index (κ2) is 3.48.